The van der Waals surface area contributed by atoms with Crippen molar-refractivity contribution in [3.8, 4) is 0 Å². The number of aryl methyl sites for hydroxylation is 1. The molecule has 104 valence electrons. The standard InChI is InChI=1S/C14H14N2O3S/c1-9-5-3-4-6-10(9)7-12(17)16-14-15-8-11(20-14)13(18)19-2/h3-6,8H,7H2,1-2H3,(H,15,16,17). The summed E-state index contributed by atoms with van der Waals surface area (Å²) >= 11 is 1.09. The molecule has 0 unspecified atom stereocenters. The molecule has 0 atom stereocenters. The largest absolute Gasteiger partial charge is 0.465 e. The molecular formula is C14H14N2O3S. The van der Waals surface area contributed by atoms with Gasteiger partial charge >= 0.3 is 5.97 Å². The van der Waals surface area contributed by atoms with Gasteiger partial charge in [0.1, 0.15) is 4.88 Å². The third kappa shape index (κ3) is 3.42. The average molecular weight is 290 g/mol. The van der Waals surface area contributed by atoms with Crippen molar-refractivity contribution < 1.29 is 14.3 Å². The van der Waals surface area contributed by atoms with Gasteiger partial charge in [-0.25, -0.2) is 9.78 Å². The Hall–Kier alpha value is -2.21. The Balaban J connectivity index is 2.00. The minimum atomic E-state index is -0.457. The summed E-state index contributed by atoms with van der Waals surface area (Å²) < 4.78 is 4.58. The number of nitrogens with one attached hydrogen (secondary N) is 1. The van der Waals surface area contributed by atoms with Crippen LogP contribution in [-0.4, -0.2) is 24.0 Å². The number of aromatic nitrogens is 1. The van der Waals surface area contributed by atoms with Gasteiger partial charge in [0.2, 0.25) is 5.91 Å². The lowest BCUT2D eigenvalue weighted by Gasteiger charge is -2.04. The second-order valence-corrected chi connectivity index (χ2v) is 5.20. The summed E-state index contributed by atoms with van der Waals surface area (Å²) in [5.74, 6) is -0.619. The van der Waals surface area contributed by atoms with Crippen LogP contribution in [0.2, 0.25) is 0 Å². The number of amides is 1. The highest BCUT2D eigenvalue weighted by Gasteiger charge is 2.13. The molecule has 1 aromatic carbocycles. The van der Waals surface area contributed by atoms with Crippen molar-refractivity contribution in [1.29, 1.82) is 0 Å². The number of benzene rings is 1. The molecule has 0 saturated heterocycles. The van der Waals surface area contributed by atoms with Crippen LogP contribution in [0, 0.1) is 6.92 Å². The number of carbonyl (C=O) groups is 2. The molecule has 1 N–H and O–H groups in total. The van der Waals surface area contributed by atoms with Crippen molar-refractivity contribution in [3.63, 3.8) is 0 Å². The smallest absolute Gasteiger partial charge is 0.349 e. The molecule has 0 fully saturated rings. The first-order valence-electron chi connectivity index (χ1n) is 5.98. The van der Waals surface area contributed by atoms with Crippen LogP contribution in [-0.2, 0) is 16.0 Å². The zero-order chi connectivity index (χ0) is 14.5. The molecule has 0 aliphatic rings. The van der Waals surface area contributed by atoms with Crippen molar-refractivity contribution in [2.45, 2.75) is 13.3 Å². The average Bonchev–Trinajstić information content (AvgIpc) is 2.89. The summed E-state index contributed by atoms with van der Waals surface area (Å²) in [6, 6.07) is 7.70. The molecule has 0 aliphatic heterocycles. The minimum Gasteiger partial charge on any atom is -0.465 e. The summed E-state index contributed by atoms with van der Waals surface area (Å²) in [5, 5.41) is 3.07. The molecule has 1 aromatic heterocycles. The first-order chi connectivity index (χ1) is 9.60. The van der Waals surface area contributed by atoms with Crippen LogP contribution in [0.25, 0.3) is 0 Å². The fourth-order valence-corrected chi connectivity index (χ4v) is 2.42. The highest BCUT2D eigenvalue weighted by molar-refractivity contribution is 7.17. The number of anilines is 1. The van der Waals surface area contributed by atoms with Crippen molar-refractivity contribution in [3.05, 3.63) is 46.5 Å². The molecule has 0 aliphatic carbocycles. The summed E-state index contributed by atoms with van der Waals surface area (Å²) in [6.45, 7) is 1.96. The number of nitrogens with zero attached hydrogens (tertiary/aromatic N) is 1. The lowest BCUT2D eigenvalue weighted by atomic mass is 10.1. The van der Waals surface area contributed by atoms with Crippen LogP contribution in [0.5, 0.6) is 0 Å². The topological polar surface area (TPSA) is 68.3 Å². The maximum absolute atomic E-state index is 11.9. The maximum Gasteiger partial charge on any atom is 0.349 e. The van der Waals surface area contributed by atoms with E-state index in [0.717, 1.165) is 22.5 Å². The first kappa shape index (κ1) is 14.2. The molecule has 6 heteroatoms. The Kier molecular flexibility index (Phi) is 4.47. The molecule has 1 heterocycles. The molecule has 5 nitrogen and oxygen atoms in total. The van der Waals surface area contributed by atoms with Gasteiger partial charge < -0.3 is 10.1 Å². The second kappa shape index (κ2) is 6.29. The number of hydrogen-bond donors (Lipinski definition) is 1. The van der Waals surface area contributed by atoms with Gasteiger partial charge in [0.05, 0.1) is 19.7 Å². The van der Waals surface area contributed by atoms with Crippen molar-refractivity contribution >= 4 is 28.3 Å². The third-order valence-corrected chi connectivity index (χ3v) is 3.64. The predicted molar refractivity (Wildman–Crippen MR) is 77.0 cm³/mol. The number of esters is 1. The molecule has 0 bridgehead atoms. The van der Waals surface area contributed by atoms with Gasteiger partial charge in [0.15, 0.2) is 5.13 Å². The third-order valence-electron chi connectivity index (χ3n) is 2.75. The van der Waals surface area contributed by atoms with E-state index in [-0.39, 0.29) is 12.3 Å². The number of carbonyl (C=O) groups excluding carboxylic acids is 2. The van der Waals surface area contributed by atoms with E-state index in [1.165, 1.54) is 13.3 Å². The Morgan fingerprint density at radius 1 is 1.35 bits per heavy atom. The predicted octanol–water partition coefficient (Wildman–Crippen LogP) is 2.42. The number of methoxy groups -OCH3 is 1. The Morgan fingerprint density at radius 2 is 2.10 bits per heavy atom. The normalized spacial score (nSPS) is 10.1. The fourth-order valence-electron chi connectivity index (χ4n) is 1.67. The summed E-state index contributed by atoms with van der Waals surface area (Å²) in [6.07, 6.45) is 1.67. The van der Waals surface area contributed by atoms with Crippen molar-refractivity contribution in [1.82, 2.24) is 4.98 Å². The number of ether oxygens (including phenoxy) is 1. The molecule has 20 heavy (non-hydrogen) atoms. The van der Waals surface area contributed by atoms with Gasteiger partial charge in [-0.15, -0.1) is 0 Å². The van der Waals surface area contributed by atoms with E-state index in [2.05, 4.69) is 15.0 Å². The van der Waals surface area contributed by atoms with E-state index < -0.39 is 5.97 Å². The quantitative estimate of drug-likeness (QED) is 0.878. The van der Waals surface area contributed by atoms with E-state index in [1.54, 1.807) is 0 Å². The monoisotopic (exact) mass is 290 g/mol. The van der Waals surface area contributed by atoms with Gasteiger partial charge in [-0.05, 0) is 18.1 Å². The van der Waals surface area contributed by atoms with Crippen molar-refractivity contribution in [2.24, 2.45) is 0 Å². The van der Waals surface area contributed by atoms with E-state index in [0.29, 0.717) is 10.0 Å². The Labute approximate surface area is 120 Å². The van der Waals surface area contributed by atoms with Crippen LogP contribution in [0.1, 0.15) is 20.8 Å². The van der Waals surface area contributed by atoms with Gasteiger partial charge in [-0.1, -0.05) is 35.6 Å². The fraction of sp³-hybridized carbons (Fsp3) is 0.214. The molecule has 0 radical (unpaired) electrons. The zero-order valence-electron chi connectivity index (χ0n) is 11.2. The Morgan fingerprint density at radius 3 is 2.80 bits per heavy atom. The Bertz CT molecular complexity index is 637. The van der Waals surface area contributed by atoms with E-state index in [4.69, 9.17) is 0 Å². The highest BCUT2D eigenvalue weighted by Crippen LogP contribution is 2.19. The van der Waals surface area contributed by atoms with Gasteiger partial charge in [-0.2, -0.15) is 0 Å². The molecular weight excluding hydrogens is 276 g/mol. The van der Waals surface area contributed by atoms with Gasteiger partial charge in [0.25, 0.3) is 0 Å². The molecule has 1 amide bonds. The molecule has 2 rings (SSSR count). The van der Waals surface area contributed by atoms with Crippen LogP contribution in [0.15, 0.2) is 30.5 Å². The number of hydrogen-bond acceptors (Lipinski definition) is 5. The number of rotatable bonds is 4. The molecule has 0 saturated carbocycles. The SMILES string of the molecule is COC(=O)c1cnc(NC(=O)Cc2ccccc2C)s1. The number of thiazole rings is 1. The van der Waals surface area contributed by atoms with E-state index in [1.807, 2.05) is 31.2 Å². The molecule has 2 aromatic rings. The van der Waals surface area contributed by atoms with Crippen LogP contribution < -0.4 is 5.32 Å². The highest BCUT2D eigenvalue weighted by atomic mass is 32.1. The van der Waals surface area contributed by atoms with Crippen LogP contribution in [0.4, 0.5) is 5.13 Å². The summed E-state index contributed by atoms with van der Waals surface area (Å²) in [4.78, 5) is 27.5. The van der Waals surface area contributed by atoms with E-state index >= 15 is 0 Å². The first-order valence-corrected chi connectivity index (χ1v) is 6.80. The zero-order valence-corrected chi connectivity index (χ0v) is 12.0. The minimum absolute atomic E-state index is 0.162. The summed E-state index contributed by atoms with van der Waals surface area (Å²) in [7, 11) is 1.30. The maximum atomic E-state index is 11.9. The summed E-state index contributed by atoms with van der Waals surface area (Å²) in [5.41, 5.74) is 2.03. The van der Waals surface area contributed by atoms with Crippen LogP contribution >= 0.6 is 11.3 Å². The lowest BCUT2D eigenvalue weighted by molar-refractivity contribution is -0.115. The van der Waals surface area contributed by atoms with Crippen LogP contribution in [0.3, 0.4) is 0 Å². The van der Waals surface area contributed by atoms with E-state index in [9.17, 15) is 9.59 Å². The van der Waals surface area contributed by atoms with Gasteiger partial charge in [0, 0.05) is 0 Å². The lowest BCUT2D eigenvalue weighted by Crippen LogP contribution is -2.14. The molecule has 0 spiro atoms. The van der Waals surface area contributed by atoms with Crippen molar-refractivity contribution in [2.75, 3.05) is 12.4 Å². The van der Waals surface area contributed by atoms with Gasteiger partial charge in [-0.3, -0.25) is 4.79 Å². The second-order valence-electron chi connectivity index (χ2n) is 4.17.